The fourth-order valence-electron chi connectivity index (χ4n) is 2.90. The molecule has 80 nitrogen and oxygen atoms in total. The maximum absolute atomic E-state index is 13.1. The van der Waals surface area contributed by atoms with Crippen molar-refractivity contribution in [3.8, 4) is 0 Å². The van der Waals surface area contributed by atoms with Gasteiger partial charge in [-0.05, 0) is 0 Å². The zero-order valence-corrected chi connectivity index (χ0v) is 93.5. The quantitative estimate of drug-likeness (QED) is 0.0190. The Hall–Kier alpha value is 6.18. The number of rotatable bonds is 51. The predicted molar refractivity (Wildman–Crippen MR) is 85.3 cm³/mol. The van der Waals surface area contributed by atoms with Crippen LogP contribution in [0.15, 0.2) is 0 Å². The van der Waals surface area contributed by atoms with E-state index in [9.17, 15) is 172 Å². The molecule has 0 aromatic carbocycles. The van der Waals surface area contributed by atoms with Gasteiger partial charge in [0.05, 0.1) is 0 Å². The summed E-state index contributed by atoms with van der Waals surface area (Å²) in [7, 11) is -16.7. The van der Waals surface area contributed by atoms with Crippen LogP contribution in [-0.4, -0.2) is 15.0 Å². The third kappa shape index (κ3) is 53.2. The molecule has 106 heavy (non-hydrogen) atoms. The molecule has 0 bridgehead atoms. The van der Waals surface area contributed by atoms with Crippen molar-refractivity contribution in [3.63, 3.8) is 0 Å². The second kappa shape index (κ2) is 38.1. The van der Waals surface area contributed by atoms with Crippen LogP contribution in [0.4, 0.5) is 0 Å². The van der Waals surface area contributed by atoms with E-state index in [1.807, 2.05) is 0 Å². The van der Waals surface area contributed by atoms with E-state index in [1.54, 1.807) is 0 Å². The van der Waals surface area contributed by atoms with Crippen molar-refractivity contribution in [1.29, 1.82) is 0 Å². The Kier molecular flexibility index (Phi) is 40.3. The molecule has 0 saturated carbocycles. The second-order valence-electron chi connectivity index (χ2n) is 12.6. The van der Waals surface area contributed by atoms with E-state index in [0.29, 0.717) is 0 Å². The summed E-state index contributed by atoms with van der Waals surface area (Å²) in [5.41, 5.74) is 0. The average molecular weight is 3650 g/mol. The first-order valence-electron chi connectivity index (χ1n) is 17.7. The topological polar surface area (TPSA) is 1170 Å². The van der Waals surface area contributed by atoms with Crippen molar-refractivity contribution in [3.05, 3.63) is 0 Å². The maximum atomic E-state index is 13.1. The summed E-state index contributed by atoms with van der Waals surface area (Å²) >= 11 is -208. The van der Waals surface area contributed by atoms with Crippen molar-refractivity contribution in [1.82, 2.24) is 0 Å². The fraction of sp³-hybridized carbons (Fsp3) is 0. The van der Waals surface area contributed by atoms with Gasteiger partial charge in [-0.25, -0.2) is 0 Å². The van der Waals surface area contributed by atoms with Gasteiger partial charge in [-0.1, -0.05) is 0 Å². The molecule has 0 atom stereocenters. The first-order chi connectivity index (χ1) is 45.2. The van der Waals surface area contributed by atoms with E-state index in [2.05, 4.69) is 62.9 Å². The minimum atomic E-state index is -9.42. The minimum absolute atomic E-state index is 2.77. The Morgan fingerprint density at radius 3 is 0.321 bits per heavy atom. The molecule has 0 aromatic rings. The molecule has 0 radical (unpaired) electrons. The van der Waals surface area contributed by atoms with Gasteiger partial charge in [0.2, 0.25) is 0 Å². The Morgan fingerprint density at radius 1 is 0.132 bits per heavy atom. The molecule has 106 heteroatoms. The molecule has 0 rings (SSSR count). The molecular formula is H4Mo24O80P2. The van der Waals surface area contributed by atoms with E-state index in [1.165, 1.54) is 0 Å². The van der Waals surface area contributed by atoms with Crippen molar-refractivity contribution in [2.45, 2.75) is 0 Å². The van der Waals surface area contributed by atoms with Crippen LogP contribution < -0.4 is 0 Å². The summed E-state index contributed by atoms with van der Waals surface area (Å²) in [5, 5.41) is 0. The molecule has 0 saturated heterocycles. The van der Waals surface area contributed by atoms with Crippen LogP contribution in [0.5, 0.6) is 0 Å². The molecule has 0 aliphatic carbocycles. The van der Waals surface area contributed by atoms with Gasteiger partial charge in [0.1, 0.15) is 0 Å². The van der Waals surface area contributed by atoms with Gasteiger partial charge >= 0.3 is 668 Å². The molecule has 4 N–H and O–H groups in total. The molecule has 0 fully saturated rings. The second-order valence-corrected chi connectivity index (χ2v) is 113. The van der Waals surface area contributed by atoms with Crippen molar-refractivity contribution in [2.24, 2.45) is 0 Å². The molecule has 0 aliphatic rings. The Bertz CT molecular complexity index is 5820. The summed E-state index contributed by atoms with van der Waals surface area (Å²) < 4.78 is 703. The van der Waals surface area contributed by atoms with Crippen LogP contribution in [0.25, 0.3) is 0 Å². The molecule has 0 unspecified atom stereocenters. The molecule has 0 aliphatic heterocycles. The molecular weight excluding hydrogens is 3640 g/mol. The molecule has 0 heterocycles. The van der Waals surface area contributed by atoms with Gasteiger partial charge in [-0.15, -0.1) is 0 Å². The standard InChI is InChI=1S/24Mo.2H3O4P.O2.4H2O.66O/c;;;;;;;;;;;;;;;;;;;;;;;;2*1-5(2,3)4;1-2;;;;;;;;;;;;;;;;;;;;;;;;;;;;;;;;;;;;;;;;;;;;;;;;;;;;;;;;;;;;;;;;;;;;;;/h;;;;;;;;;;;;;;;;;;;;;;;;2*(H3,1,2,3,4);;4*1H2;;;;;;;;;;;;;;;;;;;;;;;;;;;;;;;;;;;;;;;;;;;;;;;;;;;;;;;;;;;;;;;;;;/q;;;;;;;;;;;;12*+1;;;-2;;;;;;;;;;;;;;;;;;;;;;;;;;;;;;;;;;;;;;;;;;;;;;;;;;;;;;;;;;;;;;;;;;;;;;/p-10. The number of phosphoric acid groups is 2. The summed E-state index contributed by atoms with van der Waals surface area (Å²) in [6, 6.07) is 0. The molecule has 0 spiro atoms. The molecule has 0 amide bonds. The zero-order valence-electron chi connectivity index (χ0n) is 43.5. The van der Waals surface area contributed by atoms with Gasteiger partial charge < -0.3 is 0 Å². The average Bonchev–Trinajstić information content (AvgIpc) is 0.782. The van der Waals surface area contributed by atoms with E-state index in [0.717, 1.165) is 0 Å². The zero-order chi connectivity index (χ0) is 85.4. The normalized spacial score (nSPS) is 15.8. The monoisotopic (exact) mass is 3700 g/mol. The van der Waals surface area contributed by atoms with Crippen molar-refractivity contribution >= 4 is 15.6 Å². The van der Waals surface area contributed by atoms with E-state index >= 15 is 0 Å². The number of hydrogen-bond donors (Lipinski definition) is 4. The van der Waals surface area contributed by atoms with E-state index in [-0.39, 0.29) is 0 Å². The predicted octanol–water partition coefficient (Wildman–Crippen LogP) is -8.28. The van der Waals surface area contributed by atoms with Gasteiger partial charge in [-0.3, -0.25) is 0 Å². The van der Waals surface area contributed by atoms with Crippen LogP contribution in [0.2, 0.25) is 0 Å². The SMILES string of the molecule is O=P([O][Mo](=[O])(=[O])[O][Mo](=[O])(=[O])[O][Mo](=[O])(=[O])[O][Mo](=[O])(=[O])[OH])([O][Mo](=[O])(=[O])[O][Mo](=[O])(=[O])[O][Mo](=[O])(=[O])[O][Mo](=[O])(=[O])[OH])[O][Mo](=[O])(=[O])[O][Mo](=[O])(=[O])[O][Mo](=[O])(=[O])[O][Mo](=[O])(=[O])[O][O][Mo](=[O])(=[O])[O][Mo](=[O])(=[O])[O][Mo](=[O])(=[O])[O][Mo](=[O])(=[O])[O]P(=O)([O][Mo](=[O])(=[O])[O][Mo](=[O])(=[O])[O][Mo](=[O])(=[O])[O][Mo](=[O])(=[O])[OH])[O][Mo](=[O])(=[O])[O][Mo](=[O])(=[O])[O][Mo](=[O])(=[O])[O][Mo](=[O])(=[O])[OH]. The van der Waals surface area contributed by atoms with E-state index in [4.69, 9.17) is 15.0 Å². The summed E-state index contributed by atoms with van der Waals surface area (Å²) in [4.78, 5) is 0. The van der Waals surface area contributed by atoms with Gasteiger partial charge in [-0.2, -0.15) is 0 Å². The number of hydrogen-bond acceptors (Lipinski definition) is 76. The summed E-state index contributed by atoms with van der Waals surface area (Å²) in [6.45, 7) is 0. The molecule has 638 valence electrons. The Balaban J connectivity index is 7.16. The van der Waals surface area contributed by atoms with Gasteiger partial charge in [0, 0.05) is 0 Å². The summed E-state index contributed by atoms with van der Waals surface area (Å²) in [5.74, 6) is 0. The Morgan fingerprint density at radius 2 is 0.217 bits per heavy atom. The van der Waals surface area contributed by atoms with Gasteiger partial charge in [0.25, 0.3) is 0 Å². The van der Waals surface area contributed by atoms with Gasteiger partial charge in [0.15, 0.2) is 0 Å². The third-order valence-corrected chi connectivity index (χ3v) is 127. The van der Waals surface area contributed by atoms with Crippen LogP contribution >= 0.6 is 15.6 Å². The van der Waals surface area contributed by atoms with Crippen LogP contribution in [0.1, 0.15) is 0 Å². The fourth-order valence-corrected chi connectivity index (χ4v) is 124. The first kappa shape index (κ1) is 112. The van der Waals surface area contributed by atoms with E-state index < -0.39 is 418 Å². The Labute approximate surface area is 653 Å². The van der Waals surface area contributed by atoms with Crippen LogP contribution in [-0.2, 0) is 637 Å². The van der Waals surface area contributed by atoms with Crippen molar-refractivity contribution in [2.75, 3.05) is 0 Å². The summed E-state index contributed by atoms with van der Waals surface area (Å²) in [6.07, 6.45) is 0. The van der Waals surface area contributed by atoms with Crippen molar-refractivity contribution < 1.29 is 652 Å². The molecule has 0 aromatic heterocycles. The first-order valence-corrected chi connectivity index (χ1v) is 99.6. The van der Waals surface area contributed by atoms with Crippen LogP contribution in [0.3, 0.4) is 0 Å². The third-order valence-electron chi connectivity index (χ3n) is 4.30. The van der Waals surface area contributed by atoms with Crippen LogP contribution in [0, 0.1) is 0 Å².